The molecule has 1 aromatic rings. The van der Waals surface area contributed by atoms with Crippen LogP contribution in [0.25, 0.3) is 0 Å². The number of hydrogen-bond donors (Lipinski definition) is 1. The molecular weight excluding hydrogens is 260 g/mol. The molecular formula is C11H15BrOS. The van der Waals surface area contributed by atoms with E-state index >= 15 is 0 Å². The van der Waals surface area contributed by atoms with E-state index in [-0.39, 0.29) is 11.9 Å². The molecule has 0 aromatic heterocycles. The smallest absolute Gasteiger partial charge is 0.0556 e. The Morgan fingerprint density at radius 3 is 2.29 bits per heavy atom. The van der Waals surface area contributed by atoms with E-state index in [4.69, 9.17) is 0 Å². The van der Waals surface area contributed by atoms with E-state index in [9.17, 15) is 5.11 Å². The Bertz CT molecular complexity index is 271. The second-order valence-electron chi connectivity index (χ2n) is 3.54. The van der Waals surface area contributed by atoms with Gasteiger partial charge in [0.15, 0.2) is 0 Å². The van der Waals surface area contributed by atoms with E-state index in [0.29, 0.717) is 5.92 Å². The van der Waals surface area contributed by atoms with E-state index in [1.165, 1.54) is 4.90 Å². The summed E-state index contributed by atoms with van der Waals surface area (Å²) >= 11 is 5.13. The highest BCUT2D eigenvalue weighted by atomic mass is 79.9. The van der Waals surface area contributed by atoms with Crippen LogP contribution in [0, 0.1) is 5.92 Å². The summed E-state index contributed by atoms with van der Waals surface area (Å²) in [6.45, 7) is 4.50. The lowest BCUT2D eigenvalue weighted by Gasteiger charge is -2.17. The fourth-order valence-corrected chi connectivity index (χ4v) is 2.33. The minimum atomic E-state index is 0.235. The molecule has 0 heterocycles. The molecule has 3 heteroatoms. The maximum atomic E-state index is 9.18. The minimum absolute atomic E-state index is 0.235. The zero-order chi connectivity index (χ0) is 10.6. The standard InChI is InChI=1S/C11H15BrOS/c1-8(2)11(7-13)14-10-5-3-9(12)4-6-10/h3-6,8,11,13H,7H2,1-2H3. The first-order valence-corrected chi connectivity index (χ1v) is 6.34. The molecule has 0 spiro atoms. The second kappa shape index (κ2) is 5.79. The monoisotopic (exact) mass is 274 g/mol. The van der Waals surface area contributed by atoms with E-state index < -0.39 is 0 Å². The zero-order valence-electron chi connectivity index (χ0n) is 8.40. The Morgan fingerprint density at radius 2 is 1.86 bits per heavy atom. The van der Waals surface area contributed by atoms with Gasteiger partial charge in [0.25, 0.3) is 0 Å². The van der Waals surface area contributed by atoms with Gasteiger partial charge in [-0.15, -0.1) is 11.8 Å². The van der Waals surface area contributed by atoms with Crippen molar-refractivity contribution in [1.29, 1.82) is 0 Å². The molecule has 0 amide bonds. The third-order valence-electron chi connectivity index (χ3n) is 2.02. The van der Waals surface area contributed by atoms with Crippen molar-refractivity contribution in [2.24, 2.45) is 5.92 Å². The van der Waals surface area contributed by atoms with Gasteiger partial charge in [-0.1, -0.05) is 29.8 Å². The topological polar surface area (TPSA) is 20.2 Å². The van der Waals surface area contributed by atoms with Gasteiger partial charge in [0.1, 0.15) is 0 Å². The molecule has 1 aromatic carbocycles. The highest BCUT2D eigenvalue weighted by Gasteiger charge is 2.13. The molecule has 1 N–H and O–H groups in total. The Hall–Kier alpha value is 0.01000. The second-order valence-corrected chi connectivity index (χ2v) is 5.77. The van der Waals surface area contributed by atoms with Crippen molar-refractivity contribution in [3.8, 4) is 0 Å². The van der Waals surface area contributed by atoms with Crippen molar-refractivity contribution in [2.75, 3.05) is 6.61 Å². The molecule has 14 heavy (non-hydrogen) atoms. The van der Waals surface area contributed by atoms with Gasteiger partial charge in [-0.05, 0) is 30.2 Å². The average Bonchev–Trinajstić information content (AvgIpc) is 2.16. The number of halogens is 1. The van der Waals surface area contributed by atoms with E-state index in [1.807, 2.05) is 12.1 Å². The molecule has 1 rings (SSSR count). The van der Waals surface area contributed by atoms with Crippen molar-refractivity contribution in [3.05, 3.63) is 28.7 Å². The Kier molecular flexibility index (Phi) is 4.99. The van der Waals surface area contributed by atoms with Crippen molar-refractivity contribution in [2.45, 2.75) is 24.0 Å². The van der Waals surface area contributed by atoms with Gasteiger partial charge in [0.05, 0.1) is 6.61 Å². The number of thioether (sulfide) groups is 1. The lowest BCUT2D eigenvalue weighted by molar-refractivity contribution is 0.275. The summed E-state index contributed by atoms with van der Waals surface area (Å²) in [6.07, 6.45) is 0. The SMILES string of the molecule is CC(C)C(CO)Sc1ccc(Br)cc1. The predicted octanol–water partition coefficient (Wildman–Crippen LogP) is 3.56. The van der Waals surface area contributed by atoms with Crippen molar-refractivity contribution < 1.29 is 5.11 Å². The zero-order valence-corrected chi connectivity index (χ0v) is 10.8. The maximum Gasteiger partial charge on any atom is 0.0556 e. The molecule has 0 aliphatic heterocycles. The quantitative estimate of drug-likeness (QED) is 0.848. The molecule has 0 radical (unpaired) electrons. The van der Waals surface area contributed by atoms with Crippen LogP contribution >= 0.6 is 27.7 Å². The summed E-state index contributed by atoms with van der Waals surface area (Å²) in [4.78, 5) is 1.21. The van der Waals surface area contributed by atoms with Crippen LogP contribution < -0.4 is 0 Å². The van der Waals surface area contributed by atoms with E-state index in [2.05, 4.69) is 41.9 Å². The van der Waals surface area contributed by atoms with Crippen LogP contribution in [-0.4, -0.2) is 17.0 Å². The van der Waals surface area contributed by atoms with Gasteiger partial charge in [-0.25, -0.2) is 0 Å². The number of rotatable bonds is 4. The van der Waals surface area contributed by atoms with Gasteiger partial charge >= 0.3 is 0 Å². The van der Waals surface area contributed by atoms with E-state index in [0.717, 1.165) is 4.47 Å². The summed E-state index contributed by atoms with van der Waals surface area (Å²) in [5, 5.41) is 9.47. The molecule has 0 saturated carbocycles. The van der Waals surface area contributed by atoms with Crippen molar-refractivity contribution >= 4 is 27.7 Å². The number of aliphatic hydroxyl groups is 1. The number of hydrogen-bond acceptors (Lipinski definition) is 2. The highest BCUT2D eigenvalue weighted by Crippen LogP contribution is 2.28. The molecule has 1 unspecified atom stereocenters. The first-order chi connectivity index (χ1) is 6.63. The van der Waals surface area contributed by atoms with Crippen LogP contribution in [0.1, 0.15) is 13.8 Å². The first-order valence-electron chi connectivity index (χ1n) is 4.66. The largest absolute Gasteiger partial charge is 0.395 e. The normalized spacial score (nSPS) is 13.2. The van der Waals surface area contributed by atoms with Gasteiger partial charge in [0.2, 0.25) is 0 Å². The summed E-state index contributed by atoms with van der Waals surface area (Å²) in [5.74, 6) is 0.494. The summed E-state index contributed by atoms with van der Waals surface area (Å²) in [5.41, 5.74) is 0. The Balaban J connectivity index is 2.63. The predicted molar refractivity (Wildman–Crippen MR) is 65.7 cm³/mol. The van der Waals surface area contributed by atoms with Crippen LogP contribution in [0.2, 0.25) is 0 Å². The molecule has 0 fully saturated rings. The summed E-state index contributed by atoms with van der Waals surface area (Å²) in [6, 6.07) is 8.19. The molecule has 1 nitrogen and oxygen atoms in total. The van der Waals surface area contributed by atoms with Gasteiger partial charge < -0.3 is 5.11 Å². The van der Waals surface area contributed by atoms with Crippen LogP contribution in [0.5, 0.6) is 0 Å². The molecule has 78 valence electrons. The fraction of sp³-hybridized carbons (Fsp3) is 0.455. The Morgan fingerprint density at radius 1 is 1.29 bits per heavy atom. The molecule has 0 aliphatic carbocycles. The number of benzene rings is 1. The summed E-state index contributed by atoms with van der Waals surface area (Å²) < 4.78 is 1.09. The summed E-state index contributed by atoms with van der Waals surface area (Å²) in [7, 11) is 0. The van der Waals surface area contributed by atoms with Crippen LogP contribution in [-0.2, 0) is 0 Å². The Labute approximate surface area is 98.0 Å². The first kappa shape index (κ1) is 12.1. The van der Waals surface area contributed by atoms with Crippen molar-refractivity contribution in [3.63, 3.8) is 0 Å². The molecule has 0 saturated heterocycles. The van der Waals surface area contributed by atoms with E-state index in [1.54, 1.807) is 11.8 Å². The minimum Gasteiger partial charge on any atom is -0.395 e. The lowest BCUT2D eigenvalue weighted by atomic mass is 10.1. The maximum absolute atomic E-state index is 9.18. The van der Waals surface area contributed by atoms with Gasteiger partial charge in [-0.3, -0.25) is 0 Å². The van der Waals surface area contributed by atoms with Gasteiger partial charge in [-0.2, -0.15) is 0 Å². The lowest BCUT2D eigenvalue weighted by Crippen LogP contribution is -2.15. The highest BCUT2D eigenvalue weighted by molar-refractivity contribution is 9.10. The fourth-order valence-electron chi connectivity index (χ4n) is 1.07. The molecule has 0 bridgehead atoms. The third-order valence-corrected chi connectivity index (χ3v) is 4.09. The third kappa shape index (κ3) is 3.64. The van der Waals surface area contributed by atoms with Crippen molar-refractivity contribution in [1.82, 2.24) is 0 Å². The van der Waals surface area contributed by atoms with Crippen LogP contribution in [0.15, 0.2) is 33.6 Å². The number of aliphatic hydroxyl groups excluding tert-OH is 1. The van der Waals surface area contributed by atoms with Crippen LogP contribution in [0.3, 0.4) is 0 Å². The molecule has 1 atom stereocenters. The van der Waals surface area contributed by atoms with Gasteiger partial charge in [0, 0.05) is 14.6 Å². The van der Waals surface area contributed by atoms with Crippen LogP contribution in [0.4, 0.5) is 0 Å². The molecule has 0 aliphatic rings. The average molecular weight is 275 g/mol.